The number of ether oxygens (including phenoxy) is 4. The van der Waals surface area contributed by atoms with Crippen molar-refractivity contribution in [3.05, 3.63) is 35.4 Å². The van der Waals surface area contributed by atoms with E-state index in [2.05, 4.69) is 10.3 Å². The molecule has 11 nitrogen and oxygen atoms in total. The molecule has 0 aromatic heterocycles. The van der Waals surface area contributed by atoms with Crippen molar-refractivity contribution in [2.24, 2.45) is 4.99 Å². The Morgan fingerprint density at radius 1 is 0.825 bits per heavy atom. The molecule has 0 bridgehead atoms. The fourth-order valence-electron chi connectivity index (χ4n) is 5.81. The second kappa shape index (κ2) is 10.7. The van der Waals surface area contributed by atoms with Crippen LogP contribution < -0.4 is 24.3 Å². The summed E-state index contributed by atoms with van der Waals surface area (Å²) in [7, 11) is 3.05. The highest BCUT2D eigenvalue weighted by Gasteiger charge is 2.39. The van der Waals surface area contributed by atoms with Crippen LogP contribution in [0.3, 0.4) is 0 Å². The number of carbonyl (C=O) groups is 3. The number of anilines is 1. The first kappa shape index (κ1) is 26.0. The molecule has 0 radical (unpaired) electrons. The van der Waals surface area contributed by atoms with Gasteiger partial charge < -0.3 is 34.1 Å². The molecule has 6 rings (SSSR count). The average Bonchev–Trinajstić information content (AvgIpc) is 3.61. The molecule has 4 aliphatic rings. The highest BCUT2D eigenvalue weighted by molar-refractivity contribution is 6.10. The summed E-state index contributed by atoms with van der Waals surface area (Å²) in [5.41, 5.74) is 1.89. The van der Waals surface area contributed by atoms with Crippen molar-refractivity contribution in [1.82, 2.24) is 9.80 Å². The number of nitrogens with zero attached hydrogens (tertiary/aromatic N) is 3. The predicted octanol–water partition coefficient (Wildman–Crippen LogP) is 3.43. The fourth-order valence-corrected chi connectivity index (χ4v) is 5.81. The van der Waals surface area contributed by atoms with E-state index in [1.54, 1.807) is 36.3 Å². The number of amides is 3. The second-order valence-corrected chi connectivity index (χ2v) is 10.3. The Morgan fingerprint density at radius 2 is 1.48 bits per heavy atom. The van der Waals surface area contributed by atoms with Gasteiger partial charge in [0.15, 0.2) is 23.0 Å². The standard InChI is InChI=1S/C29H32N4O7/c1-37-23-12-18-20(30-16-17-6-3-8-32(17)28(18)35)14-26(23)40-11-5-10-39-25-13-19-21(15-24(25)38-2)31-27(34)22-7-4-9-33(22)29(19)36/h12-17,22H,3-11H2,1-2H3,(H,31,34)/t17-,22+/m0/s1. The smallest absolute Gasteiger partial charge is 0.256 e. The Bertz CT molecular complexity index is 1390. The van der Waals surface area contributed by atoms with Crippen LogP contribution in [-0.4, -0.2) is 86.3 Å². The molecule has 11 heteroatoms. The Morgan fingerprint density at radius 3 is 2.25 bits per heavy atom. The molecule has 3 amide bonds. The van der Waals surface area contributed by atoms with E-state index in [1.165, 1.54) is 7.11 Å². The minimum atomic E-state index is -0.446. The normalized spacial score (nSPS) is 21.1. The van der Waals surface area contributed by atoms with Crippen molar-refractivity contribution >= 4 is 35.3 Å². The van der Waals surface area contributed by atoms with Gasteiger partial charge >= 0.3 is 0 Å². The summed E-state index contributed by atoms with van der Waals surface area (Å²) in [6, 6.07) is 6.29. The van der Waals surface area contributed by atoms with Crippen LogP contribution in [-0.2, 0) is 4.79 Å². The van der Waals surface area contributed by atoms with E-state index in [9.17, 15) is 14.4 Å². The number of nitrogens with one attached hydrogen (secondary N) is 1. The zero-order valence-corrected chi connectivity index (χ0v) is 22.6. The minimum absolute atomic E-state index is 0.0284. The Hall–Kier alpha value is -4.28. The van der Waals surface area contributed by atoms with Gasteiger partial charge in [-0.2, -0.15) is 0 Å². The lowest BCUT2D eigenvalue weighted by Crippen LogP contribution is -2.40. The van der Waals surface area contributed by atoms with Gasteiger partial charge in [0.25, 0.3) is 11.8 Å². The van der Waals surface area contributed by atoms with Crippen LogP contribution >= 0.6 is 0 Å². The maximum absolute atomic E-state index is 13.2. The van der Waals surface area contributed by atoms with Crippen molar-refractivity contribution in [3.8, 4) is 23.0 Å². The molecule has 0 spiro atoms. The van der Waals surface area contributed by atoms with Gasteiger partial charge in [-0.05, 0) is 37.8 Å². The Balaban J connectivity index is 1.12. The summed E-state index contributed by atoms with van der Waals surface area (Å²) >= 11 is 0. The van der Waals surface area contributed by atoms with Gasteiger partial charge in [0.1, 0.15) is 6.04 Å². The summed E-state index contributed by atoms with van der Waals surface area (Å²) in [5.74, 6) is 1.39. The van der Waals surface area contributed by atoms with E-state index in [-0.39, 0.29) is 23.8 Å². The Kier molecular flexibility index (Phi) is 6.95. The van der Waals surface area contributed by atoms with Crippen molar-refractivity contribution < 1.29 is 33.3 Å². The molecule has 4 heterocycles. The SMILES string of the molecule is COc1cc2c(cc1OCCCOc1cc3c(cc1OC)NC(=O)[C@H]1CCCN1C3=O)N=C[C@@H]1CCCN1C2=O. The highest BCUT2D eigenvalue weighted by Crippen LogP contribution is 2.39. The van der Waals surface area contributed by atoms with Crippen molar-refractivity contribution in [2.75, 3.05) is 45.8 Å². The van der Waals surface area contributed by atoms with E-state index >= 15 is 0 Å². The van der Waals surface area contributed by atoms with Crippen LogP contribution in [0, 0.1) is 0 Å². The van der Waals surface area contributed by atoms with Crippen molar-refractivity contribution in [3.63, 3.8) is 0 Å². The van der Waals surface area contributed by atoms with Crippen LogP contribution in [0.25, 0.3) is 0 Å². The van der Waals surface area contributed by atoms with E-state index in [0.29, 0.717) is 78.1 Å². The Labute approximate surface area is 232 Å². The largest absolute Gasteiger partial charge is 0.493 e. The number of fused-ring (bicyclic) bond motifs is 4. The molecule has 0 saturated carbocycles. The molecule has 2 fully saturated rings. The number of hydrogen-bond donors (Lipinski definition) is 1. The summed E-state index contributed by atoms with van der Waals surface area (Å²) in [6.45, 7) is 1.90. The molecule has 210 valence electrons. The number of aliphatic imine (C=N–C) groups is 1. The summed E-state index contributed by atoms with van der Waals surface area (Å²) in [6.07, 6.45) is 5.71. The monoisotopic (exact) mass is 548 g/mol. The number of methoxy groups -OCH3 is 2. The zero-order valence-electron chi connectivity index (χ0n) is 22.6. The van der Waals surface area contributed by atoms with E-state index < -0.39 is 6.04 Å². The average molecular weight is 549 g/mol. The van der Waals surface area contributed by atoms with Crippen molar-refractivity contribution in [1.29, 1.82) is 0 Å². The minimum Gasteiger partial charge on any atom is -0.493 e. The first-order valence-corrected chi connectivity index (χ1v) is 13.6. The van der Waals surface area contributed by atoms with Crippen molar-refractivity contribution in [2.45, 2.75) is 44.2 Å². The van der Waals surface area contributed by atoms with Crippen LogP contribution in [0.1, 0.15) is 52.8 Å². The molecule has 2 atom stereocenters. The van der Waals surface area contributed by atoms with Gasteiger partial charge in [-0.3, -0.25) is 19.4 Å². The summed E-state index contributed by atoms with van der Waals surface area (Å²) < 4.78 is 23.0. The molecule has 2 aromatic carbocycles. The molecule has 2 aromatic rings. The molecule has 1 N–H and O–H groups in total. The molecule has 2 saturated heterocycles. The van der Waals surface area contributed by atoms with Crippen LogP contribution in [0.2, 0.25) is 0 Å². The van der Waals surface area contributed by atoms with Gasteiger partial charge in [-0.25, -0.2) is 0 Å². The van der Waals surface area contributed by atoms with Gasteiger partial charge in [0.05, 0.1) is 56.0 Å². The number of rotatable bonds is 8. The fraction of sp³-hybridized carbons (Fsp3) is 0.448. The molecule has 4 aliphatic heterocycles. The first-order valence-electron chi connectivity index (χ1n) is 13.6. The van der Waals surface area contributed by atoms with E-state index in [0.717, 1.165) is 25.8 Å². The summed E-state index contributed by atoms with van der Waals surface area (Å²) in [4.78, 5) is 46.9. The zero-order chi connectivity index (χ0) is 27.8. The lowest BCUT2D eigenvalue weighted by molar-refractivity contribution is -0.119. The first-order chi connectivity index (χ1) is 19.5. The number of benzene rings is 2. The maximum atomic E-state index is 13.2. The quantitative estimate of drug-likeness (QED) is 0.502. The van der Waals surface area contributed by atoms with Crippen LogP contribution in [0.5, 0.6) is 23.0 Å². The second-order valence-electron chi connectivity index (χ2n) is 10.3. The van der Waals surface area contributed by atoms with Gasteiger partial charge in [-0.1, -0.05) is 0 Å². The van der Waals surface area contributed by atoms with Crippen LogP contribution in [0.4, 0.5) is 11.4 Å². The topological polar surface area (TPSA) is 119 Å². The number of hydrogen-bond acceptors (Lipinski definition) is 8. The maximum Gasteiger partial charge on any atom is 0.256 e. The van der Waals surface area contributed by atoms with Crippen LogP contribution in [0.15, 0.2) is 29.3 Å². The molecule has 40 heavy (non-hydrogen) atoms. The van der Waals surface area contributed by atoms with Gasteiger partial charge in [-0.15, -0.1) is 0 Å². The number of carbonyl (C=O) groups excluding carboxylic acids is 3. The lowest BCUT2D eigenvalue weighted by Gasteiger charge is -2.20. The molecular weight excluding hydrogens is 516 g/mol. The third-order valence-corrected chi connectivity index (χ3v) is 7.87. The molecule has 0 aliphatic carbocycles. The third kappa shape index (κ3) is 4.59. The lowest BCUT2D eigenvalue weighted by atomic mass is 10.1. The molecule has 0 unspecified atom stereocenters. The van der Waals surface area contributed by atoms with E-state index in [4.69, 9.17) is 18.9 Å². The predicted molar refractivity (Wildman–Crippen MR) is 146 cm³/mol. The highest BCUT2D eigenvalue weighted by atomic mass is 16.5. The van der Waals surface area contributed by atoms with Gasteiger partial charge in [0.2, 0.25) is 5.91 Å². The molecular formula is C29H32N4O7. The van der Waals surface area contributed by atoms with Gasteiger partial charge in [0, 0.05) is 37.9 Å². The van der Waals surface area contributed by atoms with E-state index in [1.807, 2.05) is 11.1 Å². The third-order valence-electron chi connectivity index (χ3n) is 7.87. The summed E-state index contributed by atoms with van der Waals surface area (Å²) in [5, 5.41) is 2.87.